The van der Waals surface area contributed by atoms with Gasteiger partial charge in [0, 0.05) is 6.42 Å². The van der Waals surface area contributed by atoms with Crippen molar-refractivity contribution < 1.29 is 38.0 Å². The number of aliphatic hydroxyl groups excluding tert-OH is 2. The van der Waals surface area contributed by atoms with Gasteiger partial charge in [-0.1, -0.05) is 268 Å². The number of carbonyl (C=O) groups is 1. The number of likely N-dealkylation sites (N-methyl/N-ethyl adjacent to an activating group) is 1. The predicted octanol–water partition coefficient (Wildman–Crippen LogP) is 16.7. The standard InChI is InChI=1S/C61H117N2O7P/c1-6-8-10-12-14-16-18-20-21-22-23-24-25-26-27-28-29-30-31-32-33-34-35-36-37-38-39-40-41-42-44-46-48-50-52-54-60(65)62-58(57-70-71(67,68)69-56-55-63(3,4)5)61(66)59(64)53-51-49-47-45-43-19-17-15-13-11-9-7-2/h8,10,14,16,20-21,23-24,58-59,61,64,66H,6-7,9,11-13,15,17-19,22,25-57H2,1-5H3,(H-,62,65,67,68)/b10-8-,16-14-,21-20-,24-23-. The summed E-state index contributed by atoms with van der Waals surface area (Å²) in [7, 11) is 1.13. The zero-order chi connectivity index (χ0) is 52.2. The van der Waals surface area contributed by atoms with Crippen molar-refractivity contribution in [2.45, 2.75) is 295 Å². The molecule has 0 aliphatic rings. The lowest BCUT2D eigenvalue weighted by atomic mass is 9.99. The number of phosphoric ester groups is 1. The summed E-state index contributed by atoms with van der Waals surface area (Å²) in [6.45, 7) is 4.35. The fourth-order valence-corrected chi connectivity index (χ4v) is 9.68. The molecule has 0 fully saturated rings. The number of hydrogen-bond acceptors (Lipinski definition) is 7. The molecule has 4 unspecified atom stereocenters. The number of unbranched alkanes of at least 4 members (excludes halogenated alkanes) is 33. The summed E-state index contributed by atoms with van der Waals surface area (Å²) in [5.41, 5.74) is 0. The zero-order valence-electron chi connectivity index (χ0n) is 47.3. The summed E-state index contributed by atoms with van der Waals surface area (Å²) in [6.07, 6.45) is 64.8. The highest BCUT2D eigenvalue weighted by Crippen LogP contribution is 2.38. The Morgan fingerprint density at radius 1 is 0.521 bits per heavy atom. The van der Waals surface area contributed by atoms with Crippen LogP contribution in [0.15, 0.2) is 48.6 Å². The highest BCUT2D eigenvalue weighted by atomic mass is 31.2. The Kier molecular flexibility index (Phi) is 50.7. The third kappa shape index (κ3) is 53.1. The summed E-state index contributed by atoms with van der Waals surface area (Å²) in [5.74, 6) is -0.275. The van der Waals surface area contributed by atoms with Crippen molar-refractivity contribution >= 4 is 13.7 Å². The van der Waals surface area contributed by atoms with E-state index in [1.165, 1.54) is 186 Å². The minimum atomic E-state index is -4.67. The number of nitrogens with one attached hydrogen (secondary N) is 1. The molecule has 3 N–H and O–H groups in total. The smallest absolute Gasteiger partial charge is 0.268 e. The molecule has 0 bridgehead atoms. The molecule has 0 aromatic rings. The first-order chi connectivity index (χ1) is 34.4. The second kappa shape index (κ2) is 51.9. The highest BCUT2D eigenvalue weighted by Gasteiger charge is 2.29. The maximum atomic E-state index is 13.0. The van der Waals surface area contributed by atoms with E-state index in [0.29, 0.717) is 17.4 Å². The van der Waals surface area contributed by atoms with Gasteiger partial charge >= 0.3 is 0 Å². The molecule has 71 heavy (non-hydrogen) atoms. The van der Waals surface area contributed by atoms with Crippen LogP contribution in [0.25, 0.3) is 0 Å². The molecule has 0 saturated carbocycles. The Morgan fingerprint density at radius 3 is 1.30 bits per heavy atom. The number of carbonyl (C=O) groups excluding carboxylic acids is 1. The van der Waals surface area contributed by atoms with Gasteiger partial charge in [0.15, 0.2) is 0 Å². The van der Waals surface area contributed by atoms with Crippen molar-refractivity contribution in [1.82, 2.24) is 5.32 Å². The first-order valence-corrected chi connectivity index (χ1v) is 31.5. The number of hydrogen-bond donors (Lipinski definition) is 3. The number of rotatable bonds is 55. The van der Waals surface area contributed by atoms with E-state index in [1.807, 2.05) is 21.1 Å². The lowest BCUT2D eigenvalue weighted by molar-refractivity contribution is -0.870. The van der Waals surface area contributed by atoms with Crippen LogP contribution in [-0.4, -0.2) is 79.8 Å². The van der Waals surface area contributed by atoms with E-state index in [2.05, 4.69) is 67.8 Å². The fraction of sp³-hybridized carbons (Fsp3) is 0.852. The Morgan fingerprint density at radius 2 is 0.887 bits per heavy atom. The molecular formula is C61H117N2O7P. The van der Waals surface area contributed by atoms with Crippen LogP contribution in [-0.2, 0) is 18.4 Å². The average Bonchev–Trinajstić information content (AvgIpc) is 3.33. The minimum Gasteiger partial charge on any atom is -0.756 e. The van der Waals surface area contributed by atoms with Crippen molar-refractivity contribution in [1.29, 1.82) is 0 Å². The fourth-order valence-electron chi connectivity index (χ4n) is 8.95. The van der Waals surface area contributed by atoms with Crippen molar-refractivity contribution in [2.75, 3.05) is 40.9 Å². The Balaban J connectivity index is 4.01. The normalized spacial score (nSPS) is 14.6. The van der Waals surface area contributed by atoms with Crippen LogP contribution in [0, 0.1) is 0 Å². The van der Waals surface area contributed by atoms with Gasteiger partial charge in [0.2, 0.25) is 5.91 Å². The number of aliphatic hydroxyl groups is 2. The summed E-state index contributed by atoms with van der Waals surface area (Å²) >= 11 is 0. The van der Waals surface area contributed by atoms with Crippen LogP contribution >= 0.6 is 7.82 Å². The third-order valence-electron chi connectivity index (χ3n) is 13.7. The first kappa shape index (κ1) is 69.4. The highest BCUT2D eigenvalue weighted by molar-refractivity contribution is 7.45. The Labute approximate surface area is 440 Å². The van der Waals surface area contributed by atoms with Gasteiger partial charge in [0.25, 0.3) is 7.82 Å². The van der Waals surface area contributed by atoms with Crippen molar-refractivity contribution in [3.63, 3.8) is 0 Å². The summed E-state index contributed by atoms with van der Waals surface area (Å²) in [5, 5.41) is 24.8. The van der Waals surface area contributed by atoms with E-state index in [-0.39, 0.29) is 18.9 Å². The maximum absolute atomic E-state index is 13.0. The molecule has 0 rings (SSSR count). The molecular weight excluding hydrogens is 904 g/mol. The number of amides is 1. The van der Waals surface area contributed by atoms with Gasteiger partial charge in [-0.25, -0.2) is 0 Å². The van der Waals surface area contributed by atoms with E-state index in [0.717, 1.165) is 64.2 Å². The molecule has 0 aliphatic carbocycles. The van der Waals surface area contributed by atoms with Crippen LogP contribution in [0.1, 0.15) is 277 Å². The van der Waals surface area contributed by atoms with Gasteiger partial charge in [-0.3, -0.25) is 9.36 Å². The topological polar surface area (TPSA) is 128 Å². The molecule has 1 amide bonds. The zero-order valence-corrected chi connectivity index (χ0v) is 48.2. The van der Waals surface area contributed by atoms with Crippen molar-refractivity contribution in [3.8, 4) is 0 Å². The van der Waals surface area contributed by atoms with E-state index in [1.54, 1.807) is 0 Å². The molecule has 9 nitrogen and oxygen atoms in total. The number of allylic oxidation sites excluding steroid dienone is 8. The second-order valence-corrected chi connectivity index (χ2v) is 23.2. The summed E-state index contributed by atoms with van der Waals surface area (Å²) < 4.78 is 23.3. The van der Waals surface area contributed by atoms with Crippen molar-refractivity contribution in [3.05, 3.63) is 48.6 Å². The number of phosphoric acid groups is 1. The molecule has 0 radical (unpaired) electrons. The van der Waals surface area contributed by atoms with Gasteiger partial charge in [0.1, 0.15) is 19.3 Å². The molecule has 10 heteroatoms. The lowest BCUT2D eigenvalue weighted by Gasteiger charge is -2.31. The van der Waals surface area contributed by atoms with Crippen LogP contribution in [0.2, 0.25) is 0 Å². The quantitative estimate of drug-likeness (QED) is 0.0240. The molecule has 418 valence electrons. The van der Waals surface area contributed by atoms with Gasteiger partial charge in [0.05, 0.1) is 39.9 Å². The molecule has 0 aliphatic heterocycles. The van der Waals surface area contributed by atoms with Crippen LogP contribution in [0.5, 0.6) is 0 Å². The number of quaternary nitrogens is 1. The van der Waals surface area contributed by atoms with E-state index in [9.17, 15) is 24.5 Å². The first-order valence-electron chi connectivity index (χ1n) is 30.1. The van der Waals surface area contributed by atoms with E-state index >= 15 is 0 Å². The van der Waals surface area contributed by atoms with Gasteiger partial charge in [-0.2, -0.15) is 0 Å². The predicted molar refractivity (Wildman–Crippen MR) is 304 cm³/mol. The second-order valence-electron chi connectivity index (χ2n) is 21.8. The molecule has 0 saturated heterocycles. The average molecular weight is 1020 g/mol. The monoisotopic (exact) mass is 1020 g/mol. The molecule has 0 heterocycles. The van der Waals surface area contributed by atoms with Crippen LogP contribution in [0.4, 0.5) is 0 Å². The summed E-state index contributed by atoms with van der Waals surface area (Å²) in [6, 6.07) is -1.07. The molecule has 0 aromatic heterocycles. The summed E-state index contributed by atoms with van der Waals surface area (Å²) in [4.78, 5) is 25.5. The molecule has 0 aromatic carbocycles. The Hall–Kier alpha value is -1.58. The van der Waals surface area contributed by atoms with Gasteiger partial charge in [-0.05, 0) is 51.4 Å². The van der Waals surface area contributed by atoms with Crippen molar-refractivity contribution in [2.24, 2.45) is 0 Å². The SMILES string of the molecule is CC/C=C\C/C=C\C/C=C\C/C=C\CCCCCCCCCCCCCCCCCCCCCCCCC(=O)NC(COP(=O)([O-])OCC[N+](C)(C)C)C(O)C(O)CCCCCCCCCCCCCC. The third-order valence-corrected chi connectivity index (χ3v) is 14.6. The Bertz CT molecular complexity index is 1310. The number of nitrogens with zero attached hydrogens (tertiary/aromatic N) is 1. The van der Waals surface area contributed by atoms with Crippen LogP contribution in [0.3, 0.4) is 0 Å². The molecule has 0 spiro atoms. The molecule has 4 atom stereocenters. The van der Waals surface area contributed by atoms with Crippen LogP contribution < -0.4 is 10.2 Å². The van der Waals surface area contributed by atoms with E-state index in [4.69, 9.17) is 9.05 Å². The maximum Gasteiger partial charge on any atom is 0.268 e. The van der Waals surface area contributed by atoms with Gasteiger partial charge < -0.3 is 34.0 Å². The largest absolute Gasteiger partial charge is 0.756 e. The van der Waals surface area contributed by atoms with E-state index < -0.39 is 32.7 Å². The van der Waals surface area contributed by atoms with Gasteiger partial charge in [-0.15, -0.1) is 0 Å². The lowest BCUT2D eigenvalue weighted by Crippen LogP contribution is -2.51. The minimum absolute atomic E-state index is 0.0394.